The van der Waals surface area contributed by atoms with Crippen molar-refractivity contribution in [2.75, 3.05) is 5.75 Å². The van der Waals surface area contributed by atoms with Gasteiger partial charge in [0.05, 0.1) is 18.8 Å². The number of carbonyl (C=O) groups is 5. The van der Waals surface area contributed by atoms with Crippen LogP contribution in [0.25, 0.3) is 10.9 Å². The number of nitrogens with one attached hydrogen (secondary N) is 5. The Kier molecular flexibility index (Phi) is 10.1. The number of H-pyrrole nitrogens is 2. The summed E-state index contributed by atoms with van der Waals surface area (Å²) >= 11 is 4.01. The third-order valence-electron chi connectivity index (χ3n) is 5.90. The number of nitrogens with zero attached hydrogens (tertiary/aromatic N) is 1. The maximum atomic E-state index is 13.4. The minimum Gasteiger partial charge on any atom is -0.480 e. The molecule has 2 aromatic heterocycles. The van der Waals surface area contributed by atoms with Gasteiger partial charge < -0.3 is 42.5 Å². The third kappa shape index (κ3) is 8.05. The number of imidazole rings is 1. The van der Waals surface area contributed by atoms with Crippen LogP contribution in [0.15, 0.2) is 43.0 Å². The summed E-state index contributed by atoms with van der Waals surface area (Å²) in [5, 5.41) is 17.7. The topological polar surface area (TPSA) is 238 Å². The molecule has 0 aliphatic rings. The molecule has 4 amide bonds. The lowest BCUT2D eigenvalue weighted by atomic mass is 10.0. The van der Waals surface area contributed by atoms with Crippen molar-refractivity contribution in [1.82, 2.24) is 30.9 Å². The number of benzene rings is 1. The Morgan fingerprint density at radius 3 is 2.21 bits per heavy atom. The van der Waals surface area contributed by atoms with Gasteiger partial charge in [-0.25, -0.2) is 9.78 Å². The number of carbonyl (C=O) groups excluding carboxylic acids is 4. The molecule has 4 unspecified atom stereocenters. The van der Waals surface area contributed by atoms with Crippen LogP contribution in [0.3, 0.4) is 0 Å². The average molecular weight is 559 g/mol. The first-order valence-electron chi connectivity index (χ1n) is 11.9. The number of primary amides is 1. The zero-order chi connectivity index (χ0) is 28.5. The van der Waals surface area contributed by atoms with Gasteiger partial charge >= 0.3 is 5.97 Å². The second-order valence-electron chi connectivity index (χ2n) is 8.83. The number of aliphatic carboxylic acids is 1. The summed E-state index contributed by atoms with van der Waals surface area (Å²) in [5.41, 5.74) is 12.9. The van der Waals surface area contributed by atoms with Gasteiger partial charge in [-0.15, -0.1) is 0 Å². The molecule has 0 aliphatic heterocycles. The molecule has 2 heterocycles. The highest BCUT2D eigenvalue weighted by Crippen LogP contribution is 2.19. The van der Waals surface area contributed by atoms with E-state index in [0.29, 0.717) is 11.3 Å². The molecule has 0 radical (unpaired) electrons. The van der Waals surface area contributed by atoms with Crippen molar-refractivity contribution in [3.63, 3.8) is 0 Å². The average Bonchev–Trinajstić information content (AvgIpc) is 3.56. The van der Waals surface area contributed by atoms with Crippen LogP contribution in [0.4, 0.5) is 0 Å². The molecule has 3 aromatic rings. The Bertz CT molecular complexity index is 1330. The lowest BCUT2D eigenvalue weighted by Gasteiger charge is -2.25. The van der Waals surface area contributed by atoms with E-state index in [0.717, 1.165) is 10.9 Å². The van der Waals surface area contributed by atoms with Crippen molar-refractivity contribution in [3.8, 4) is 0 Å². The molecule has 10 N–H and O–H groups in total. The summed E-state index contributed by atoms with van der Waals surface area (Å²) in [7, 11) is 0. The van der Waals surface area contributed by atoms with E-state index in [1.54, 1.807) is 12.3 Å². The smallest absolute Gasteiger partial charge is 0.326 e. The van der Waals surface area contributed by atoms with E-state index in [1.807, 2.05) is 18.2 Å². The highest BCUT2D eigenvalue weighted by atomic mass is 32.1. The number of thiol groups is 1. The Hall–Kier alpha value is -4.37. The predicted octanol–water partition coefficient (Wildman–Crippen LogP) is -1.65. The number of nitrogens with two attached hydrogens (primary N) is 2. The highest BCUT2D eigenvalue weighted by molar-refractivity contribution is 7.80. The van der Waals surface area contributed by atoms with Crippen molar-refractivity contribution < 1.29 is 29.1 Å². The molecule has 0 saturated heterocycles. The summed E-state index contributed by atoms with van der Waals surface area (Å²) in [4.78, 5) is 72.0. The molecule has 14 nitrogen and oxygen atoms in total. The van der Waals surface area contributed by atoms with E-state index >= 15 is 0 Å². The van der Waals surface area contributed by atoms with Gasteiger partial charge in [-0.1, -0.05) is 18.2 Å². The number of rotatable bonds is 14. The molecule has 208 valence electrons. The largest absolute Gasteiger partial charge is 0.480 e. The Morgan fingerprint density at radius 1 is 0.949 bits per heavy atom. The molecular formula is C24H30N8O6S. The summed E-state index contributed by atoms with van der Waals surface area (Å²) < 4.78 is 0. The number of para-hydroxylation sites is 1. The molecule has 0 saturated carbocycles. The lowest BCUT2D eigenvalue weighted by molar-refractivity contribution is -0.143. The molecule has 39 heavy (non-hydrogen) atoms. The number of amides is 4. The van der Waals surface area contributed by atoms with Gasteiger partial charge in [0, 0.05) is 47.6 Å². The van der Waals surface area contributed by atoms with Gasteiger partial charge in [0.1, 0.15) is 18.1 Å². The van der Waals surface area contributed by atoms with Crippen LogP contribution in [-0.2, 0) is 36.8 Å². The molecule has 0 fully saturated rings. The number of carboxylic acid groups (broad SMARTS) is 1. The maximum absolute atomic E-state index is 13.4. The van der Waals surface area contributed by atoms with Gasteiger partial charge in [0.2, 0.25) is 23.6 Å². The minimum atomic E-state index is -1.61. The number of aromatic amines is 2. The van der Waals surface area contributed by atoms with Gasteiger partial charge in [-0.2, -0.15) is 12.6 Å². The molecule has 0 spiro atoms. The molecule has 1 aromatic carbocycles. The van der Waals surface area contributed by atoms with E-state index < -0.39 is 60.2 Å². The molecule has 4 atom stereocenters. The Morgan fingerprint density at radius 2 is 1.59 bits per heavy atom. The summed E-state index contributed by atoms with van der Waals surface area (Å²) in [6, 6.07) is 2.25. The number of fused-ring (bicyclic) bond motifs is 1. The first-order chi connectivity index (χ1) is 18.6. The van der Waals surface area contributed by atoms with Crippen molar-refractivity contribution in [1.29, 1.82) is 0 Å². The molecule has 0 bridgehead atoms. The number of carboxylic acids is 1. The standard InChI is InChI=1S/C24H30N8O6S/c25-15(10-39)21(34)30-18(6-13-9-27-11-29-13)23(36)31-17(22(35)32-19(24(37)38)7-20(26)33)5-12-8-28-16-4-2-1-3-14(12)16/h1-4,8-9,11,15,17-19,28,39H,5-7,10,25H2,(H2,26,33)(H,27,29)(H,30,34)(H,31,36)(H,32,35)(H,37,38). The number of hydrogen-bond acceptors (Lipinski definition) is 8. The highest BCUT2D eigenvalue weighted by Gasteiger charge is 2.31. The number of aromatic nitrogens is 3. The quantitative estimate of drug-likeness (QED) is 0.104. The summed E-state index contributed by atoms with van der Waals surface area (Å²) in [6.45, 7) is 0. The fraction of sp³-hybridized carbons (Fsp3) is 0.333. The minimum absolute atomic E-state index is 0.00227. The summed E-state index contributed by atoms with van der Waals surface area (Å²) in [5.74, 6) is -4.58. The van der Waals surface area contributed by atoms with Crippen molar-refractivity contribution in [2.45, 2.75) is 43.4 Å². The zero-order valence-corrected chi connectivity index (χ0v) is 21.6. The van der Waals surface area contributed by atoms with Crippen LogP contribution in [0.1, 0.15) is 17.7 Å². The molecule has 15 heteroatoms. The van der Waals surface area contributed by atoms with Gasteiger partial charge in [0.25, 0.3) is 0 Å². The fourth-order valence-electron chi connectivity index (χ4n) is 3.86. The number of hydrogen-bond donors (Lipinski definition) is 9. The Balaban J connectivity index is 1.88. The fourth-order valence-corrected chi connectivity index (χ4v) is 4.03. The zero-order valence-electron chi connectivity index (χ0n) is 20.7. The van der Waals surface area contributed by atoms with Crippen LogP contribution >= 0.6 is 12.6 Å². The van der Waals surface area contributed by atoms with Crippen LogP contribution in [0.5, 0.6) is 0 Å². The van der Waals surface area contributed by atoms with E-state index in [-0.39, 0.29) is 18.6 Å². The van der Waals surface area contributed by atoms with Crippen LogP contribution in [0.2, 0.25) is 0 Å². The van der Waals surface area contributed by atoms with Crippen LogP contribution in [-0.4, -0.2) is 79.6 Å². The molecule has 3 rings (SSSR count). The van der Waals surface area contributed by atoms with E-state index in [1.165, 1.54) is 12.5 Å². The Labute approximate surface area is 228 Å². The first-order valence-corrected chi connectivity index (χ1v) is 12.5. The first kappa shape index (κ1) is 29.2. The van der Waals surface area contributed by atoms with Crippen molar-refractivity contribution >= 4 is 53.1 Å². The second-order valence-corrected chi connectivity index (χ2v) is 9.19. The second kappa shape index (κ2) is 13.4. The van der Waals surface area contributed by atoms with E-state index in [9.17, 15) is 29.1 Å². The van der Waals surface area contributed by atoms with Crippen molar-refractivity contribution in [2.24, 2.45) is 11.5 Å². The lowest BCUT2D eigenvalue weighted by Crippen LogP contribution is -2.58. The molecular weight excluding hydrogens is 528 g/mol. The van der Waals surface area contributed by atoms with Gasteiger partial charge in [0.15, 0.2) is 0 Å². The predicted molar refractivity (Wildman–Crippen MR) is 143 cm³/mol. The SMILES string of the molecule is NC(=O)CC(NC(=O)C(Cc1c[nH]c2ccccc12)NC(=O)C(Cc1cnc[nH]1)NC(=O)C(N)CS)C(=O)O. The van der Waals surface area contributed by atoms with Gasteiger partial charge in [-0.05, 0) is 11.6 Å². The summed E-state index contributed by atoms with van der Waals surface area (Å²) in [6.07, 6.45) is 3.87. The van der Waals surface area contributed by atoms with Gasteiger partial charge in [-0.3, -0.25) is 19.2 Å². The normalized spacial score (nSPS) is 14.1. The monoisotopic (exact) mass is 558 g/mol. The van der Waals surface area contributed by atoms with E-state index in [4.69, 9.17) is 11.5 Å². The maximum Gasteiger partial charge on any atom is 0.326 e. The van der Waals surface area contributed by atoms with E-state index in [2.05, 4.69) is 43.5 Å². The van der Waals surface area contributed by atoms with Crippen LogP contribution < -0.4 is 27.4 Å². The third-order valence-corrected chi connectivity index (χ3v) is 6.29. The van der Waals surface area contributed by atoms with Crippen LogP contribution in [0, 0.1) is 0 Å². The molecule has 0 aliphatic carbocycles. The van der Waals surface area contributed by atoms with Crippen molar-refractivity contribution in [3.05, 3.63) is 54.2 Å².